The van der Waals surface area contributed by atoms with Gasteiger partial charge in [-0.3, -0.25) is 0 Å². The first kappa shape index (κ1) is 10.8. The molecular formula is C12H14O4. The Labute approximate surface area is 94.1 Å². The van der Waals surface area contributed by atoms with Crippen LogP contribution in [-0.2, 0) is 6.61 Å². The van der Waals surface area contributed by atoms with Crippen molar-refractivity contribution in [2.24, 2.45) is 0 Å². The maximum Gasteiger partial charge on any atom is 0.231 e. The van der Waals surface area contributed by atoms with Crippen LogP contribution in [0, 0.1) is 0 Å². The Balaban J connectivity index is 2.25. The van der Waals surface area contributed by atoms with Crippen LogP contribution >= 0.6 is 0 Å². The summed E-state index contributed by atoms with van der Waals surface area (Å²) in [5.74, 6) is 1.90. The number of aliphatic hydroxyl groups is 1. The average molecular weight is 222 g/mol. The van der Waals surface area contributed by atoms with E-state index < -0.39 is 0 Å². The van der Waals surface area contributed by atoms with Gasteiger partial charge in [0, 0.05) is 11.6 Å². The average Bonchev–Trinajstić information content (AvgIpc) is 2.71. The summed E-state index contributed by atoms with van der Waals surface area (Å²) in [4.78, 5) is 0. The maximum absolute atomic E-state index is 9.22. The van der Waals surface area contributed by atoms with Crippen molar-refractivity contribution in [3.8, 4) is 17.2 Å². The summed E-state index contributed by atoms with van der Waals surface area (Å²) in [5.41, 5.74) is 1.60. The first-order valence-corrected chi connectivity index (χ1v) is 5.01. The van der Waals surface area contributed by atoms with Crippen LogP contribution in [0.25, 0.3) is 0 Å². The molecule has 1 N–H and O–H groups in total. The highest BCUT2D eigenvalue weighted by molar-refractivity contribution is 5.51. The smallest absolute Gasteiger partial charge is 0.231 e. The highest BCUT2D eigenvalue weighted by atomic mass is 16.7. The Kier molecular flexibility index (Phi) is 3.01. The molecule has 2 rings (SSSR count). The Morgan fingerprint density at radius 1 is 1.44 bits per heavy atom. The van der Waals surface area contributed by atoms with E-state index in [1.54, 1.807) is 12.1 Å². The van der Waals surface area contributed by atoms with Crippen molar-refractivity contribution in [3.63, 3.8) is 0 Å². The zero-order valence-corrected chi connectivity index (χ0v) is 9.16. The molecule has 0 atom stereocenters. The zero-order valence-electron chi connectivity index (χ0n) is 9.16. The minimum absolute atomic E-state index is 0.0951. The van der Waals surface area contributed by atoms with Gasteiger partial charge in [-0.25, -0.2) is 0 Å². The molecule has 0 aliphatic carbocycles. The Morgan fingerprint density at radius 2 is 2.12 bits per heavy atom. The SMILES string of the molecule is C=C(C)COc1cc2c(cc1CO)OCO2. The van der Waals surface area contributed by atoms with Crippen molar-refractivity contribution < 1.29 is 19.3 Å². The fourth-order valence-corrected chi connectivity index (χ4v) is 1.42. The van der Waals surface area contributed by atoms with Crippen molar-refractivity contribution in [2.75, 3.05) is 13.4 Å². The van der Waals surface area contributed by atoms with Crippen molar-refractivity contribution in [3.05, 3.63) is 29.8 Å². The number of hydrogen-bond acceptors (Lipinski definition) is 4. The predicted molar refractivity (Wildman–Crippen MR) is 58.8 cm³/mol. The van der Waals surface area contributed by atoms with E-state index in [-0.39, 0.29) is 13.4 Å². The van der Waals surface area contributed by atoms with E-state index in [0.29, 0.717) is 29.4 Å². The van der Waals surface area contributed by atoms with Gasteiger partial charge in [-0.2, -0.15) is 0 Å². The van der Waals surface area contributed by atoms with E-state index >= 15 is 0 Å². The van der Waals surface area contributed by atoms with Crippen LogP contribution in [0.3, 0.4) is 0 Å². The molecule has 1 heterocycles. The van der Waals surface area contributed by atoms with Crippen molar-refractivity contribution >= 4 is 0 Å². The topological polar surface area (TPSA) is 47.9 Å². The normalized spacial score (nSPS) is 12.6. The van der Waals surface area contributed by atoms with Gasteiger partial charge in [-0.1, -0.05) is 6.58 Å². The third-order valence-corrected chi connectivity index (χ3v) is 2.20. The number of ether oxygens (including phenoxy) is 3. The molecule has 86 valence electrons. The first-order chi connectivity index (χ1) is 7.70. The second-order valence-electron chi connectivity index (χ2n) is 3.72. The highest BCUT2D eigenvalue weighted by Gasteiger charge is 2.17. The minimum atomic E-state index is -0.0951. The third kappa shape index (κ3) is 2.12. The molecule has 0 unspecified atom stereocenters. The van der Waals surface area contributed by atoms with E-state index in [9.17, 15) is 5.11 Å². The lowest BCUT2D eigenvalue weighted by Gasteiger charge is -2.10. The van der Waals surface area contributed by atoms with Crippen LogP contribution in [0.5, 0.6) is 17.2 Å². The molecule has 0 aromatic heterocycles. The minimum Gasteiger partial charge on any atom is -0.489 e. The van der Waals surface area contributed by atoms with Crippen LogP contribution in [0.2, 0.25) is 0 Å². The molecule has 1 aromatic rings. The first-order valence-electron chi connectivity index (χ1n) is 5.01. The molecule has 0 radical (unpaired) electrons. The van der Waals surface area contributed by atoms with Gasteiger partial charge < -0.3 is 19.3 Å². The number of fused-ring (bicyclic) bond motifs is 1. The van der Waals surface area contributed by atoms with Gasteiger partial charge in [-0.05, 0) is 18.6 Å². The summed E-state index contributed by atoms with van der Waals surface area (Å²) in [6.45, 7) is 6.18. The second-order valence-corrected chi connectivity index (χ2v) is 3.72. The number of benzene rings is 1. The molecule has 0 bridgehead atoms. The molecule has 4 heteroatoms. The number of hydrogen-bond donors (Lipinski definition) is 1. The van der Waals surface area contributed by atoms with Gasteiger partial charge in [0.05, 0.1) is 6.61 Å². The highest BCUT2D eigenvalue weighted by Crippen LogP contribution is 2.38. The van der Waals surface area contributed by atoms with E-state index in [1.165, 1.54) is 0 Å². The number of aliphatic hydroxyl groups excluding tert-OH is 1. The molecular weight excluding hydrogens is 208 g/mol. The van der Waals surface area contributed by atoms with Crippen LogP contribution in [0.4, 0.5) is 0 Å². The van der Waals surface area contributed by atoms with Gasteiger partial charge in [0.25, 0.3) is 0 Å². The van der Waals surface area contributed by atoms with Gasteiger partial charge in [0.15, 0.2) is 11.5 Å². The molecule has 0 saturated heterocycles. The predicted octanol–water partition coefficient (Wildman–Crippen LogP) is 1.86. The molecule has 0 saturated carbocycles. The quantitative estimate of drug-likeness (QED) is 0.790. The molecule has 1 aliphatic rings. The molecule has 1 aliphatic heterocycles. The molecule has 16 heavy (non-hydrogen) atoms. The Bertz CT molecular complexity index is 412. The third-order valence-electron chi connectivity index (χ3n) is 2.20. The van der Waals surface area contributed by atoms with Gasteiger partial charge in [0.2, 0.25) is 6.79 Å². The van der Waals surface area contributed by atoms with Crippen LogP contribution in [0.15, 0.2) is 24.3 Å². The van der Waals surface area contributed by atoms with Gasteiger partial charge in [-0.15, -0.1) is 0 Å². The lowest BCUT2D eigenvalue weighted by Crippen LogP contribution is -2.00. The van der Waals surface area contributed by atoms with Crippen molar-refractivity contribution in [1.29, 1.82) is 0 Å². The summed E-state index contributed by atoms with van der Waals surface area (Å²) in [5, 5.41) is 9.22. The van der Waals surface area contributed by atoms with Crippen LogP contribution < -0.4 is 14.2 Å². The van der Waals surface area contributed by atoms with Gasteiger partial charge >= 0.3 is 0 Å². The van der Waals surface area contributed by atoms with E-state index in [2.05, 4.69) is 6.58 Å². The standard InChI is InChI=1S/C12H14O4/c1-8(2)6-14-10-4-12-11(15-7-16-12)3-9(10)5-13/h3-4,13H,1,5-7H2,2H3. The largest absolute Gasteiger partial charge is 0.489 e. The van der Waals surface area contributed by atoms with Crippen LogP contribution in [-0.4, -0.2) is 18.5 Å². The summed E-state index contributed by atoms with van der Waals surface area (Å²) in [6, 6.07) is 3.47. The van der Waals surface area contributed by atoms with E-state index in [1.807, 2.05) is 6.92 Å². The molecule has 0 spiro atoms. The summed E-state index contributed by atoms with van der Waals surface area (Å²) >= 11 is 0. The zero-order chi connectivity index (χ0) is 11.5. The molecule has 1 aromatic carbocycles. The summed E-state index contributed by atoms with van der Waals surface area (Å²) in [6.07, 6.45) is 0. The van der Waals surface area contributed by atoms with Crippen LogP contribution in [0.1, 0.15) is 12.5 Å². The Morgan fingerprint density at radius 3 is 2.75 bits per heavy atom. The van der Waals surface area contributed by atoms with Crippen molar-refractivity contribution in [2.45, 2.75) is 13.5 Å². The lowest BCUT2D eigenvalue weighted by atomic mass is 10.2. The van der Waals surface area contributed by atoms with E-state index in [0.717, 1.165) is 5.57 Å². The summed E-state index contributed by atoms with van der Waals surface area (Å²) in [7, 11) is 0. The van der Waals surface area contributed by atoms with Gasteiger partial charge in [0.1, 0.15) is 12.4 Å². The monoisotopic (exact) mass is 222 g/mol. The number of rotatable bonds is 4. The Hall–Kier alpha value is -1.68. The maximum atomic E-state index is 9.22. The summed E-state index contributed by atoms with van der Waals surface area (Å²) < 4.78 is 16.0. The second kappa shape index (κ2) is 4.45. The fraction of sp³-hybridized carbons (Fsp3) is 0.333. The molecule has 0 fully saturated rings. The fourth-order valence-electron chi connectivity index (χ4n) is 1.42. The van der Waals surface area contributed by atoms with E-state index in [4.69, 9.17) is 14.2 Å². The molecule has 0 amide bonds. The molecule has 4 nitrogen and oxygen atoms in total. The van der Waals surface area contributed by atoms with Crippen molar-refractivity contribution in [1.82, 2.24) is 0 Å². The lowest BCUT2D eigenvalue weighted by molar-refractivity contribution is 0.173.